The van der Waals surface area contributed by atoms with Gasteiger partial charge in [0.25, 0.3) is 0 Å². The van der Waals surface area contributed by atoms with Gasteiger partial charge in [-0.3, -0.25) is 0 Å². The monoisotopic (exact) mass is 241 g/mol. The van der Waals surface area contributed by atoms with Crippen molar-refractivity contribution in [2.75, 3.05) is 19.6 Å². The first kappa shape index (κ1) is 13.6. The van der Waals surface area contributed by atoms with Crippen molar-refractivity contribution in [3.8, 4) is 0 Å². The molecule has 1 rings (SSSR count). The average molecular weight is 241 g/mol. The Bertz CT molecular complexity index is 249. The Morgan fingerprint density at radius 1 is 1.44 bits per heavy atom. The molecule has 0 amide bonds. The molecule has 0 radical (unpaired) electrons. The zero-order valence-electron chi connectivity index (χ0n) is 10.1. The topological polar surface area (TPSA) is 50.9 Å². The van der Waals surface area contributed by atoms with Crippen LogP contribution in [-0.2, 0) is 6.42 Å². The Labute approximate surface area is 102 Å². The van der Waals surface area contributed by atoms with E-state index in [1.165, 1.54) is 18.5 Å². The number of hydrogen-bond acceptors (Lipinski definition) is 4. The summed E-state index contributed by atoms with van der Waals surface area (Å²) in [4.78, 5) is 4.25. The van der Waals surface area contributed by atoms with Crippen molar-refractivity contribution in [2.45, 2.75) is 32.6 Å². The fourth-order valence-corrected chi connectivity index (χ4v) is 2.30. The summed E-state index contributed by atoms with van der Waals surface area (Å²) in [5.74, 6) is 0.769. The molecule has 1 unspecified atom stereocenters. The summed E-state index contributed by atoms with van der Waals surface area (Å²) in [5.41, 5.74) is 8.61. The van der Waals surface area contributed by atoms with E-state index in [2.05, 4.69) is 22.6 Å². The van der Waals surface area contributed by atoms with Crippen LogP contribution >= 0.6 is 11.3 Å². The minimum Gasteiger partial charge on any atom is -0.330 e. The van der Waals surface area contributed by atoms with E-state index in [-0.39, 0.29) is 0 Å². The van der Waals surface area contributed by atoms with Crippen molar-refractivity contribution in [3.63, 3.8) is 0 Å². The molecule has 0 aliphatic carbocycles. The molecule has 0 saturated heterocycles. The predicted octanol–water partition coefficient (Wildman–Crippen LogP) is 2.04. The van der Waals surface area contributed by atoms with Crippen LogP contribution in [0.5, 0.6) is 0 Å². The van der Waals surface area contributed by atoms with Gasteiger partial charge in [0.15, 0.2) is 0 Å². The van der Waals surface area contributed by atoms with Gasteiger partial charge in [-0.05, 0) is 38.3 Å². The molecule has 0 bridgehead atoms. The van der Waals surface area contributed by atoms with Crippen LogP contribution < -0.4 is 11.1 Å². The maximum Gasteiger partial charge on any atom is 0.0794 e. The van der Waals surface area contributed by atoms with E-state index in [4.69, 9.17) is 5.73 Å². The molecule has 1 atom stereocenters. The van der Waals surface area contributed by atoms with Crippen molar-refractivity contribution in [1.29, 1.82) is 0 Å². The first-order chi connectivity index (χ1) is 7.83. The predicted molar refractivity (Wildman–Crippen MR) is 70.8 cm³/mol. The molecule has 0 aliphatic heterocycles. The number of nitrogens with two attached hydrogens (primary N) is 1. The highest BCUT2D eigenvalue weighted by atomic mass is 32.1. The molecular weight excluding hydrogens is 218 g/mol. The Kier molecular flexibility index (Phi) is 7.38. The summed E-state index contributed by atoms with van der Waals surface area (Å²) in [6.45, 7) is 5.24. The van der Waals surface area contributed by atoms with Crippen molar-refractivity contribution >= 4 is 11.3 Å². The molecule has 16 heavy (non-hydrogen) atoms. The van der Waals surface area contributed by atoms with Crippen molar-refractivity contribution < 1.29 is 0 Å². The van der Waals surface area contributed by atoms with E-state index in [1.807, 2.05) is 5.51 Å². The molecule has 3 N–H and O–H groups in total. The third kappa shape index (κ3) is 6.20. The van der Waals surface area contributed by atoms with Gasteiger partial charge in [-0.25, -0.2) is 4.98 Å². The molecule has 1 aromatic rings. The lowest BCUT2D eigenvalue weighted by molar-refractivity contribution is 0.469. The standard InChI is InChI=1S/C12H23N3S/c1-11(4-6-13)3-2-7-14-8-5-12-9-16-10-15-12/h9-11,14H,2-8,13H2,1H3. The van der Waals surface area contributed by atoms with E-state index in [0.29, 0.717) is 0 Å². The third-order valence-electron chi connectivity index (χ3n) is 2.75. The Hall–Kier alpha value is -0.450. The lowest BCUT2D eigenvalue weighted by atomic mass is 10.0. The highest BCUT2D eigenvalue weighted by molar-refractivity contribution is 7.07. The van der Waals surface area contributed by atoms with E-state index >= 15 is 0 Å². The third-order valence-corrected chi connectivity index (χ3v) is 3.39. The maximum absolute atomic E-state index is 5.51. The van der Waals surface area contributed by atoms with Crippen LogP contribution in [0.25, 0.3) is 0 Å². The van der Waals surface area contributed by atoms with Crippen LogP contribution in [0, 0.1) is 5.92 Å². The lowest BCUT2D eigenvalue weighted by Crippen LogP contribution is -2.19. The fourth-order valence-electron chi connectivity index (χ4n) is 1.71. The Morgan fingerprint density at radius 2 is 2.31 bits per heavy atom. The van der Waals surface area contributed by atoms with E-state index in [9.17, 15) is 0 Å². The first-order valence-electron chi connectivity index (χ1n) is 6.10. The largest absolute Gasteiger partial charge is 0.330 e. The molecule has 1 aromatic heterocycles. The Morgan fingerprint density at radius 3 is 3.00 bits per heavy atom. The lowest BCUT2D eigenvalue weighted by Gasteiger charge is -2.09. The zero-order valence-corrected chi connectivity index (χ0v) is 10.9. The number of aromatic nitrogens is 1. The smallest absolute Gasteiger partial charge is 0.0794 e. The fraction of sp³-hybridized carbons (Fsp3) is 0.750. The average Bonchev–Trinajstić information content (AvgIpc) is 2.76. The second kappa shape index (κ2) is 8.67. The second-order valence-corrected chi connectivity index (χ2v) is 5.02. The molecule has 3 nitrogen and oxygen atoms in total. The summed E-state index contributed by atoms with van der Waals surface area (Å²) in [6.07, 6.45) is 4.72. The quantitative estimate of drug-likeness (QED) is 0.651. The molecule has 1 heterocycles. The molecule has 4 heteroatoms. The molecule has 0 aliphatic rings. The molecule has 0 saturated carbocycles. The van der Waals surface area contributed by atoms with Crippen molar-refractivity contribution in [1.82, 2.24) is 10.3 Å². The number of rotatable bonds is 9. The molecule has 0 aromatic carbocycles. The number of nitrogens with zero attached hydrogens (tertiary/aromatic N) is 1. The van der Waals surface area contributed by atoms with Crippen LogP contribution in [0.3, 0.4) is 0 Å². The van der Waals surface area contributed by atoms with Crippen molar-refractivity contribution in [3.05, 3.63) is 16.6 Å². The van der Waals surface area contributed by atoms with Crippen molar-refractivity contribution in [2.24, 2.45) is 11.7 Å². The SMILES string of the molecule is CC(CCN)CCCNCCc1cscn1. The summed E-state index contributed by atoms with van der Waals surface area (Å²) >= 11 is 1.67. The molecule has 0 fully saturated rings. The second-order valence-electron chi connectivity index (χ2n) is 4.30. The highest BCUT2D eigenvalue weighted by Gasteiger charge is 2.00. The number of nitrogens with one attached hydrogen (secondary N) is 1. The van der Waals surface area contributed by atoms with Crippen LogP contribution in [0.15, 0.2) is 10.9 Å². The van der Waals surface area contributed by atoms with Gasteiger partial charge in [0, 0.05) is 18.3 Å². The van der Waals surface area contributed by atoms with E-state index in [0.717, 1.165) is 38.4 Å². The molecule has 0 spiro atoms. The van der Waals surface area contributed by atoms with Crippen LogP contribution in [-0.4, -0.2) is 24.6 Å². The zero-order chi connectivity index (χ0) is 11.6. The van der Waals surface area contributed by atoms with E-state index in [1.54, 1.807) is 11.3 Å². The normalized spacial score (nSPS) is 12.9. The highest BCUT2D eigenvalue weighted by Crippen LogP contribution is 2.08. The number of thiazole rings is 1. The molecular formula is C12H23N3S. The summed E-state index contributed by atoms with van der Waals surface area (Å²) in [7, 11) is 0. The van der Waals surface area contributed by atoms with Crippen LogP contribution in [0.2, 0.25) is 0 Å². The summed E-state index contributed by atoms with van der Waals surface area (Å²) < 4.78 is 0. The number of hydrogen-bond donors (Lipinski definition) is 2. The first-order valence-corrected chi connectivity index (χ1v) is 7.05. The van der Waals surface area contributed by atoms with Gasteiger partial charge in [0.05, 0.1) is 11.2 Å². The van der Waals surface area contributed by atoms with Gasteiger partial charge in [-0.2, -0.15) is 0 Å². The van der Waals surface area contributed by atoms with Gasteiger partial charge >= 0.3 is 0 Å². The van der Waals surface area contributed by atoms with Gasteiger partial charge in [-0.1, -0.05) is 6.92 Å². The minimum atomic E-state index is 0.769. The minimum absolute atomic E-state index is 0.769. The van der Waals surface area contributed by atoms with E-state index < -0.39 is 0 Å². The molecule has 92 valence electrons. The van der Waals surface area contributed by atoms with Crippen LogP contribution in [0.1, 0.15) is 31.9 Å². The van der Waals surface area contributed by atoms with Crippen LogP contribution in [0.4, 0.5) is 0 Å². The summed E-state index contributed by atoms with van der Waals surface area (Å²) in [5, 5.41) is 5.57. The van der Waals surface area contributed by atoms with Gasteiger partial charge in [-0.15, -0.1) is 11.3 Å². The van der Waals surface area contributed by atoms with Gasteiger partial charge in [0.2, 0.25) is 0 Å². The van der Waals surface area contributed by atoms with Gasteiger partial charge in [0.1, 0.15) is 0 Å². The summed E-state index contributed by atoms with van der Waals surface area (Å²) in [6, 6.07) is 0. The Balaban J connectivity index is 1.88. The maximum atomic E-state index is 5.51. The van der Waals surface area contributed by atoms with Gasteiger partial charge < -0.3 is 11.1 Å².